The fraction of sp³-hybridized carbons (Fsp3) is 0.514. The van der Waals surface area contributed by atoms with Gasteiger partial charge < -0.3 is 35.5 Å². The highest BCUT2D eigenvalue weighted by molar-refractivity contribution is 7.93. The summed E-state index contributed by atoms with van der Waals surface area (Å²) in [7, 11) is -5.88. The third-order valence-corrected chi connectivity index (χ3v) is 15.5. The van der Waals surface area contributed by atoms with Crippen molar-refractivity contribution in [3.63, 3.8) is 0 Å². The number of piperidine rings is 1. The molecule has 5 N–H and O–H groups in total. The first-order chi connectivity index (χ1) is 24.3. The van der Waals surface area contributed by atoms with Crippen molar-refractivity contribution in [1.82, 2.24) is 9.62 Å². The first kappa shape index (κ1) is 36.3. The van der Waals surface area contributed by atoms with E-state index in [2.05, 4.69) is 5.32 Å². The summed E-state index contributed by atoms with van der Waals surface area (Å²) in [6.07, 6.45) is 3.73. The van der Waals surface area contributed by atoms with Crippen LogP contribution in [0, 0.1) is 0 Å². The van der Waals surface area contributed by atoms with Gasteiger partial charge in [-0.25, -0.2) is 16.8 Å². The predicted octanol–water partition coefficient (Wildman–Crippen LogP) is 2.95. The minimum absolute atomic E-state index is 0.0194. The number of hydrogen-bond acceptors (Lipinski definition) is 11. The van der Waals surface area contributed by atoms with Gasteiger partial charge in [0.1, 0.15) is 24.2 Å². The van der Waals surface area contributed by atoms with Crippen molar-refractivity contribution < 1.29 is 41.3 Å². The molecular formula is C37H47N3O9S2. The molecule has 2 saturated heterocycles. The fourth-order valence-corrected chi connectivity index (χ4v) is 10.6. The Morgan fingerprint density at radius 1 is 0.961 bits per heavy atom. The molecule has 0 amide bonds. The van der Waals surface area contributed by atoms with Gasteiger partial charge in [-0.1, -0.05) is 30.3 Å². The molecule has 2 aliphatic carbocycles. The standard InChI is InChI=1S/C37H47N3O9S2/c1-47-34-10-9-32(20-33(34)26-5-7-27(8-6-26)37(38)13-14-37)51(45,46)40-17-15-35(16-18-40)21-28(23-49-35)39-22-29(42)24-48-30-3-2-4-31(19-30)50(43,44)36(25-41)11-12-36/h2-10,19-20,28-29,39,41-42H,11-18,21-25,38H2,1H3/t28-,29-/m0/s1. The quantitative estimate of drug-likeness (QED) is 0.191. The number of sulfone groups is 1. The van der Waals surface area contributed by atoms with E-state index in [1.807, 2.05) is 24.3 Å². The molecule has 0 unspecified atom stereocenters. The average molecular weight is 742 g/mol. The summed E-state index contributed by atoms with van der Waals surface area (Å²) < 4.78 is 71.5. The minimum atomic E-state index is -3.77. The van der Waals surface area contributed by atoms with Crippen LogP contribution in [0.1, 0.15) is 50.5 Å². The summed E-state index contributed by atoms with van der Waals surface area (Å²) in [5, 5.41) is 23.6. The van der Waals surface area contributed by atoms with E-state index in [1.54, 1.807) is 37.4 Å². The molecule has 276 valence electrons. The number of nitrogens with two attached hydrogens (primary N) is 1. The number of sulfonamides is 1. The number of aliphatic hydroxyl groups is 2. The van der Waals surface area contributed by atoms with Gasteiger partial charge in [-0.05, 0) is 92.5 Å². The minimum Gasteiger partial charge on any atom is -0.496 e. The van der Waals surface area contributed by atoms with Crippen LogP contribution in [0.4, 0.5) is 0 Å². The van der Waals surface area contributed by atoms with Crippen LogP contribution < -0.4 is 20.5 Å². The van der Waals surface area contributed by atoms with Crippen molar-refractivity contribution in [2.45, 2.75) is 82.8 Å². The average Bonchev–Trinajstić information content (AvgIpc) is 4.08. The molecule has 2 heterocycles. The third-order valence-electron chi connectivity index (χ3n) is 11.1. The van der Waals surface area contributed by atoms with Gasteiger partial charge in [0.05, 0.1) is 40.5 Å². The molecule has 0 bridgehead atoms. The van der Waals surface area contributed by atoms with Gasteiger partial charge in [0.25, 0.3) is 0 Å². The summed E-state index contributed by atoms with van der Waals surface area (Å²) in [5.74, 6) is 0.917. The molecule has 0 radical (unpaired) electrons. The zero-order chi connectivity index (χ0) is 36.1. The Bertz CT molecular complexity index is 1950. The van der Waals surface area contributed by atoms with Crippen LogP contribution in [-0.2, 0) is 30.1 Å². The van der Waals surface area contributed by atoms with Crippen LogP contribution >= 0.6 is 0 Å². The fourth-order valence-electron chi connectivity index (χ4n) is 7.27. The van der Waals surface area contributed by atoms with Gasteiger partial charge in [-0.15, -0.1) is 0 Å². The second-order valence-electron chi connectivity index (χ2n) is 14.6. The summed E-state index contributed by atoms with van der Waals surface area (Å²) in [4.78, 5) is 0.310. The van der Waals surface area contributed by atoms with Crippen molar-refractivity contribution in [1.29, 1.82) is 0 Å². The lowest BCUT2D eigenvalue weighted by Crippen LogP contribution is -2.47. The van der Waals surface area contributed by atoms with Crippen LogP contribution in [0.5, 0.6) is 11.5 Å². The highest BCUT2D eigenvalue weighted by Crippen LogP contribution is 2.47. The van der Waals surface area contributed by atoms with E-state index in [0.717, 1.165) is 24.0 Å². The maximum atomic E-state index is 13.8. The SMILES string of the molecule is COc1ccc(S(=O)(=O)N2CCC3(CC2)C[C@H](NC[C@H](O)COc2cccc(S(=O)(=O)C4(CO)CC4)c2)CO3)cc1-c1ccc(C2(N)CC2)cc1. The van der Waals surface area contributed by atoms with E-state index < -0.39 is 42.9 Å². The molecule has 12 nitrogen and oxygen atoms in total. The highest BCUT2D eigenvalue weighted by Gasteiger charge is 2.54. The van der Waals surface area contributed by atoms with Crippen molar-refractivity contribution in [2.24, 2.45) is 5.73 Å². The van der Waals surface area contributed by atoms with Gasteiger partial charge in [0, 0.05) is 36.8 Å². The lowest BCUT2D eigenvalue weighted by atomic mass is 9.88. The number of nitrogens with zero attached hydrogens (tertiary/aromatic N) is 1. The normalized spacial score (nSPS) is 22.8. The van der Waals surface area contributed by atoms with Crippen molar-refractivity contribution >= 4 is 19.9 Å². The van der Waals surface area contributed by atoms with Gasteiger partial charge in [-0.3, -0.25) is 0 Å². The number of rotatable bonds is 14. The molecule has 4 fully saturated rings. The molecule has 51 heavy (non-hydrogen) atoms. The van der Waals surface area contributed by atoms with Crippen LogP contribution in [0.15, 0.2) is 76.5 Å². The lowest BCUT2D eigenvalue weighted by Gasteiger charge is -2.38. The number of hydrogen-bond donors (Lipinski definition) is 4. The van der Waals surface area contributed by atoms with E-state index in [4.69, 9.17) is 19.9 Å². The van der Waals surface area contributed by atoms with Gasteiger partial charge in [-0.2, -0.15) is 4.31 Å². The van der Waals surface area contributed by atoms with E-state index in [9.17, 15) is 27.0 Å². The molecule has 3 aromatic rings. The van der Waals surface area contributed by atoms with E-state index in [1.165, 1.54) is 16.4 Å². The largest absolute Gasteiger partial charge is 0.496 e. The summed E-state index contributed by atoms with van der Waals surface area (Å²) in [5.41, 5.74) is 8.29. The van der Waals surface area contributed by atoms with Crippen LogP contribution in [0.3, 0.4) is 0 Å². The zero-order valence-corrected chi connectivity index (χ0v) is 30.4. The highest BCUT2D eigenvalue weighted by atomic mass is 32.2. The number of nitrogens with one attached hydrogen (secondary N) is 1. The third kappa shape index (κ3) is 7.17. The Morgan fingerprint density at radius 3 is 2.33 bits per heavy atom. The Kier molecular flexibility index (Phi) is 9.76. The van der Waals surface area contributed by atoms with Crippen molar-refractivity contribution in [3.05, 3.63) is 72.3 Å². The van der Waals surface area contributed by atoms with E-state index in [0.29, 0.717) is 68.9 Å². The Hall–Kier alpha value is -3.08. The number of benzene rings is 3. The van der Waals surface area contributed by atoms with E-state index >= 15 is 0 Å². The van der Waals surface area contributed by atoms with Gasteiger partial charge in [0.15, 0.2) is 9.84 Å². The Morgan fingerprint density at radius 2 is 1.69 bits per heavy atom. The van der Waals surface area contributed by atoms with Crippen molar-refractivity contribution in [2.75, 3.05) is 46.6 Å². The maximum absolute atomic E-state index is 13.8. The van der Waals surface area contributed by atoms with E-state index in [-0.39, 0.29) is 34.5 Å². The first-order valence-corrected chi connectivity index (χ1v) is 20.5. The molecule has 2 atom stereocenters. The van der Waals surface area contributed by atoms with Gasteiger partial charge >= 0.3 is 0 Å². The molecular weight excluding hydrogens is 695 g/mol. The molecule has 4 aliphatic rings. The van der Waals surface area contributed by atoms with Crippen LogP contribution in [-0.4, -0.2) is 100 Å². The van der Waals surface area contributed by atoms with Gasteiger partial charge in [0.2, 0.25) is 10.0 Å². The monoisotopic (exact) mass is 741 g/mol. The maximum Gasteiger partial charge on any atom is 0.243 e. The van der Waals surface area contributed by atoms with Crippen molar-refractivity contribution in [3.8, 4) is 22.6 Å². The summed E-state index contributed by atoms with van der Waals surface area (Å²) >= 11 is 0. The zero-order valence-electron chi connectivity index (χ0n) is 28.8. The predicted molar refractivity (Wildman–Crippen MR) is 191 cm³/mol. The molecule has 1 spiro atoms. The number of aliphatic hydroxyl groups excluding tert-OH is 2. The van der Waals surface area contributed by atoms with Crippen LogP contribution in [0.25, 0.3) is 11.1 Å². The second-order valence-corrected chi connectivity index (χ2v) is 18.9. The second kappa shape index (κ2) is 13.7. The molecule has 7 rings (SSSR count). The molecule has 2 saturated carbocycles. The Balaban J connectivity index is 0.906. The smallest absolute Gasteiger partial charge is 0.243 e. The molecule has 3 aromatic carbocycles. The van der Waals surface area contributed by atoms with Crippen LogP contribution in [0.2, 0.25) is 0 Å². The topological polar surface area (TPSA) is 178 Å². The summed E-state index contributed by atoms with van der Waals surface area (Å²) in [6, 6.07) is 19.0. The lowest BCUT2D eigenvalue weighted by molar-refractivity contribution is -0.0312. The number of methoxy groups -OCH3 is 1. The summed E-state index contributed by atoms with van der Waals surface area (Å²) in [6.45, 7) is 0.888. The number of ether oxygens (including phenoxy) is 3. The molecule has 0 aromatic heterocycles. The first-order valence-electron chi connectivity index (χ1n) is 17.5. The molecule has 14 heteroatoms. The Labute approximate surface area is 299 Å². The molecule has 2 aliphatic heterocycles.